The molecule has 5 rings (SSSR count). The molecule has 34 heavy (non-hydrogen) atoms. The molecule has 0 bridgehead atoms. The topological polar surface area (TPSA) is 74.3 Å². The van der Waals surface area contributed by atoms with E-state index in [1.165, 1.54) is 17.3 Å². The Morgan fingerprint density at radius 2 is 1.74 bits per heavy atom. The molecule has 0 saturated carbocycles. The summed E-state index contributed by atoms with van der Waals surface area (Å²) in [6.07, 6.45) is 1.75. The summed E-state index contributed by atoms with van der Waals surface area (Å²) in [5.41, 5.74) is 5.24. The Hall–Kier alpha value is -3.91. The molecule has 0 radical (unpaired) electrons. The first-order chi connectivity index (χ1) is 16.5. The van der Waals surface area contributed by atoms with Gasteiger partial charge >= 0.3 is 0 Å². The molecule has 0 N–H and O–H groups in total. The largest absolute Gasteiger partial charge is 0.496 e. The highest BCUT2D eigenvalue weighted by Crippen LogP contribution is 2.34. The zero-order valence-electron chi connectivity index (χ0n) is 19.1. The molecule has 0 amide bonds. The van der Waals surface area contributed by atoms with Crippen LogP contribution in [0.4, 0.5) is 0 Å². The highest BCUT2D eigenvalue weighted by Gasteiger charge is 2.19. The first kappa shape index (κ1) is 21.9. The lowest BCUT2D eigenvalue weighted by Crippen LogP contribution is -2.15. The van der Waals surface area contributed by atoms with Crippen molar-refractivity contribution in [3.63, 3.8) is 0 Å². The van der Waals surface area contributed by atoms with Crippen LogP contribution >= 0.6 is 11.8 Å². The molecule has 0 aliphatic heterocycles. The molecule has 0 atom stereocenters. The molecule has 0 aliphatic carbocycles. The Bertz CT molecular complexity index is 1540. The SMILES string of the molecule is COc1ccccc1-c1nnc(SCc2cc(=O)n3ccc(C)cc3n2)n1-c1ccc(C)cc1. The van der Waals surface area contributed by atoms with Crippen LogP contribution in [-0.2, 0) is 5.75 Å². The fraction of sp³-hybridized carbons (Fsp3) is 0.154. The third-order valence-electron chi connectivity index (χ3n) is 5.50. The number of fused-ring (bicyclic) bond motifs is 1. The molecule has 3 heterocycles. The Kier molecular flexibility index (Phi) is 5.90. The minimum Gasteiger partial charge on any atom is -0.496 e. The van der Waals surface area contributed by atoms with E-state index in [-0.39, 0.29) is 5.56 Å². The maximum atomic E-state index is 12.6. The average Bonchev–Trinajstić information content (AvgIpc) is 3.26. The van der Waals surface area contributed by atoms with Crippen molar-refractivity contribution >= 4 is 17.4 Å². The molecule has 3 aromatic heterocycles. The maximum Gasteiger partial charge on any atom is 0.258 e. The molecule has 0 spiro atoms. The van der Waals surface area contributed by atoms with Gasteiger partial charge in [0.1, 0.15) is 11.4 Å². The van der Waals surface area contributed by atoms with Gasteiger partial charge in [-0.25, -0.2) is 4.98 Å². The van der Waals surface area contributed by atoms with Crippen molar-refractivity contribution in [2.24, 2.45) is 0 Å². The fourth-order valence-corrected chi connectivity index (χ4v) is 4.60. The number of hydrogen-bond donors (Lipinski definition) is 0. The smallest absolute Gasteiger partial charge is 0.258 e. The zero-order valence-corrected chi connectivity index (χ0v) is 19.9. The van der Waals surface area contributed by atoms with E-state index in [0.29, 0.717) is 28.1 Å². The summed E-state index contributed by atoms with van der Waals surface area (Å²) >= 11 is 1.49. The summed E-state index contributed by atoms with van der Waals surface area (Å²) in [7, 11) is 1.65. The van der Waals surface area contributed by atoms with Crippen molar-refractivity contribution in [3.05, 3.63) is 100 Å². The molecular formula is C26H23N5O2S. The van der Waals surface area contributed by atoms with Gasteiger partial charge in [0.05, 0.1) is 18.4 Å². The number of para-hydroxylation sites is 1. The third kappa shape index (κ3) is 4.20. The van der Waals surface area contributed by atoms with Crippen molar-refractivity contribution in [1.29, 1.82) is 0 Å². The van der Waals surface area contributed by atoms with Crippen LogP contribution in [0, 0.1) is 13.8 Å². The number of methoxy groups -OCH3 is 1. The van der Waals surface area contributed by atoms with E-state index < -0.39 is 0 Å². The lowest BCUT2D eigenvalue weighted by molar-refractivity contribution is 0.416. The Morgan fingerprint density at radius 1 is 0.941 bits per heavy atom. The number of thioether (sulfide) groups is 1. The predicted molar refractivity (Wildman–Crippen MR) is 134 cm³/mol. The molecule has 5 aromatic rings. The Balaban J connectivity index is 1.56. The summed E-state index contributed by atoms with van der Waals surface area (Å²) in [5.74, 6) is 1.89. The van der Waals surface area contributed by atoms with Crippen LogP contribution in [0.15, 0.2) is 82.9 Å². The highest BCUT2D eigenvalue weighted by molar-refractivity contribution is 7.98. The van der Waals surface area contributed by atoms with Crippen LogP contribution < -0.4 is 10.3 Å². The first-order valence-corrected chi connectivity index (χ1v) is 11.8. The summed E-state index contributed by atoms with van der Waals surface area (Å²) < 4.78 is 9.14. The third-order valence-corrected chi connectivity index (χ3v) is 6.46. The van der Waals surface area contributed by atoms with Crippen molar-refractivity contribution in [2.75, 3.05) is 7.11 Å². The maximum absolute atomic E-state index is 12.6. The van der Waals surface area contributed by atoms with Gasteiger partial charge in [0, 0.05) is 23.7 Å². The minimum absolute atomic E-state index is 0.102. The summed E-state index contributed by atoms with van der Waals surface area (Å²) in [6, 6.07) is 21.3. The molecule has 0 unspecified atom stereocenters. The number of aryl methyl sites for hydroxylation is 2. The van der Waals surface area contributed by atoms with E-state index in [4.69, 9.17) is 4.74 Å². The van der Waals surface area contributed by atoms with Gasteiger partial charge in [0.15, 0.2) is 11.0 Å². The average molecular weight is 470 g/mol. The number of benzene rings is 2. The van der Waals surface area contributed by atoms with Gasteiger partial charge in [-0.05, 0) is 55.8 Å². The van der Waals surface area contributed by atoms with E-state index in [1.807, 2.05) is 60.0 Å². The van der Waals surface area contributed by atoms with Gasteiger partial charge < -0.3 is 4.74 Å². The number of aromatic nitrogens is 5. The van der Waals surface area contributed by atoms with E-state index in [0.717, 1.165) is 22.6 Å². The number of ether oxygens (including phenoxy) is 1. The van der Waals surface area contributed by atoms with Crippen molar-refractivity contribution in [2.45, 2.75) is 24.8 Å². The molecule has 2 aromatic carbocycles. The number of rotatable bonds is 6. The number of pyridine rings is 1. The van der Waals surface area contributed by atoms with Crippen molar-refractivity contribution < 1.29 is 4.74 Å². The molecule has 7 nitrogen and oxygen atoms in total. The summed E-state index contributed by atoms with van der Waals surface area (Å²) in [6.45, 7) is 4.04. The molecule has 0 fully saturated rings. The van der Waals surface area contributed by atoms with Gasteiger partial charge in [-0.1, -0.05) is 41.6 Å². The standard InChI is InChI=1S/C26H23N5O2S/c1-17-8-10-20(11-9-17)31-25(21-6-4-5-7-22(21)33-3)28-29-26(31)34-16-19-15-24(32)30-13-12-18(2)14-23(30)27-19/h4-15H,16H2,1-3H3. The van der Waals surface area contributed by atoms with Crippen molar-refractivity contribution in [1.82, 2.24) is 24.1 Å². The summed E-state index contributed by atoms with van der Waals surface area (Å²) in [5, 5.41) is 9.71. The molecule has 170 valence electrons. The second kappa shape index (κ2) is 9.15. The highest BCUT2D eigenvalue weighted by atomic mass is 32.2. The van der Waals surface area contributed by atoms with Crippen LogP contribution in [0.2, 0.25) is 0 Å². The second-order valence-electron chi connectivity index (χ2n) is 7.98. The van der Waals surface area contributed by atoms with Gasteiger partial charge in [-0.15, -0.1) is 10.2 Å². The normalized spacial score (nSPS) is 11.1. The van der Waals surface area contributed by atoms with Crippen molar-refractivity contribution in [3.8, 4) is 22.8 Å². The number of hydrogen-bond acceptors (Lipinski definition) is 6. The Morgan fingerprint density at radius 3 is 2.53 bits per heavy atom. The van der Waals surface area contributed by atoms with E-state index in [9.17, 15) is 4.79 Å². The van der Waals surface area contributed by atoms with Crippen LogP contribution in [0.5, 0.6) is 5.75 Å². The Labute approximate surface area is 201 Å². The van der Waals surface area contributed by atoms with Crippen LogP contribution in [0.3, 0.4) is 0 Å². The van der Waals surface area contributed by atoms with Gasteiger partial charge in [0.25, 0.3) is 5.56 Å². The predicted octanol–water partition coefficient (Wildman–Crippen LogP) is 4.86. The minimum atomic E-state index is -0.102. The van der Waals surface area contributed by atoms with Gasteiger partial charge in [-0.3, -0.25) is 13.8 Å². The van der Waals surface area contributed by atoms with Gasteiger partial charge in [0.2, 0.25) is 0 Å². The quantitative estimate of drug-likeness (QED) is 0.331. The number of nitrogens with zero attached hydrogens (tertiary/aromatic N) is 5. The first-order valence-electron chi connectivity index (χ1n) is 10.8. The molecule has 8 heteroatoms. The zero-order chi connectivity index (χ0) is 23.7. The summed E-state index contributed by atoms with van der Waals surface area (Å²) in [4.78, 5) is 17.3. The van der Waals surface area contributed by atoms with Crippen LogP contribution in [0.25, 0.3) is 22.7 Å². The molecule has 0 aliphatic rings. The fourth-order valence-electron chi connectivity index (χ4n) is 3.76. The monoisotopic (exact) mass is 469 g/mol. The lowest BCUT2D eigenvalue weighted by atomic mass is 10.1. The van der Waals surface area contributed by atoms with Gasteiger partial charge in [-0.2, -0.15) is 0 Å². The van der Waals surface area contributed by atoms with E-state index in [1.54, 1.807) is 23.8 Å². The molecule has 0 saturated heterocycles. The van der Waals surface area contributed by atoms with Crippen LogP contribution in [0.1, 0.15) is 16.8 Å². The lowest BCUT2D eigenvalue weighted by Gasteiger charge is -2.13. The van der Waals surface area contributed by atoms with Crippen LogP contribution in [-0.4, -0.2) is 31.3 Å². The second-order valence-corrected chi connectivity index (χ2v) is 8.93. The molecular weight excluding hydrogens is 446 g/mol. The van der Waals surface area contributed by atoms with E-state index >= 15 is 0 Å². The van der Waals surface area contributed by atoms with E-state index in [2.05, 4.69) is 34.2 Å².